The first-order chi connectivity index (χ1) is 15.1. The first-order valence-electron chi connectivity index (χ1n) is 10.5. The van der Waals surface area contributed by atoms with Gasteiger partial charge in [-0.2, -0.15) is 0 Å². The number of carbonyl (C=O) groups excluding carboxylic acids is 2. The van der Waals surface area contributed by atoms with Gasteiger partial charge < -0.3 is 19.1 Å². The Morgan fingerprint density at radius 2 is 1.55 bits per heavy atom. The predicted molar refractivity (Wildman–Crippen MR) is 117 cm³/mol. The molecule has 1 saturated heterocycles. The van der Waals surface area contributed by atoms with E-state index in [1.165, 1.54) is 4.90 Å². The van der Waals surface area contributed by atoms with Crippen LogP contribution in [0.3, 0.4) is 0 Å². The molecule has 7 nitrogen and oxygen atoms in total. The highest BCUT2D eigenvalue weighted by molar-refractivity contribution is 6.45. The Bertz CT molecular complexity index is 976. The molecule has 2 amide bonds. The molecule has 31 heavy (non-hydrogen) atoms. The molecule has 2 heterocycles. The van der Waals surface area contributed by atoms with Gasteiger partial charge in [0.15, 0.2) is 0 Å². The molecule has 1 fully saturated rings. The fourth-order valence-corrected chi connectivity index (χ4v) is 3.76. The van der Waals surface area contributed by atoms with Crippen LogP contribution in [-0.4, -0.2) is 56.7 Å². The number of carbonyl (C=O) groups is 2. The number of morpholine rings is 1. The molecular formula is C24H26N2O5. The molecule has 0 spiro atoms. The van der Waals surface area contributed by atoms with Gasteiger partial charge in [-0.3, -0.25) is 9.59 Å². The molecule has 0 radical (unpaired) electrons. The smallest absolute Gasteiger partial charge is 0.282 e. The van der Waals surface area contributed by atoms with E-state index in [0.29, 0.717) is 61.2 Å². The minimum absolute atomic E-state index is 0.321. The van der Waals surface area contributed by atoms with Crippen LogP contribution in [-0.2, 0) is 14.3 Å². The van der Waals surface area contributed by atoms with E-state index in [-0.39, 0.29) is 11.8 Å². The summed E-state index contributed by atoms with van der Waals surface area (Å²) in [5.41, 5.74) is 2.04. The average molecular weight is 422 g/mol. The summed E-state index contributed by atoms with van der Waals surface area (Å²) < 4.78 is 16.3. The Balaban J connectivity index is 1.72. The van der Waals surface area contributed by atoms with Gasteiger partial charge in [-0.25, -0.2) is 4.90 Å². The van der Waals surface area contributed by atoms with Crippen molar-refractivity contribution >= 4 is 23.1 Å². The van der Waals surface area contributed by atoms with Crippen LogP contribution in [0.15, 0.2) is 54.2 Å². The number of hydrogen-bond donors (Lipinski definition) is 0. The number of amides is 2. The summed E-state index contributed by atoms with van der Waals surface area (Å²) >= 11 is 0. The quantitative estimate of drug-likeness (QED) is 0.639. The Labute approximate surface area is 181 Å². The number of nitrogens with zero attached hydrogens (tertiary/aromatic N) is 2. The number of hydrogen-bond acceptors (Lipinski definition) is 6. The summed E-state index contributed by atoms with van der Waals surface area (Å²) in [4.78, 5) is 30.2. The Morgan fingerprint density at radius 3 is 2.16 bits per heavy atom. The van der Waals surface area contributed by atoms with Crippen LogP contribution >= 0.6 is 0 Å². The summed E-state index contributed by atoms with van der Waals surface area (Å²) in [6, 6.07) is 14.3. The normalized spacial score (nSPS) is 16.8. The summed E-state index contributed by atoms with van der Waals surface area (Å²) in [5.74, 6) is 0.743. The van der Waals surface area contributed by atoms with Crippen molar-refractivity contribution in [2.45, 2.75) is 13.3 Å². The Hall–Kier alpha value is -3.32. The summed E-state index contributed by atoms with van der Waals surface area (Å²) in [7, 11) is 1.57. The van der Waals surface area contributed by atoms with Gasteiger partial charge in [0.2, 0.25) is 0 Å². The molecule has 0 aromatic heterocycles. The Morgan fingerprint density at radius 1 is 0.903 bits per heavy atom. The molecule has 0 bridgehead atoms. The van der Waals surface area contributed by atoms with Crippen LogP contribution in [0.2, 0.25) is 0 Å². The zero-order valence-corrected chi connectivity index (χ0v) is 17.8. The standard InChI is InChI=1S/C24H26N2O5/c1-3-14-31-20-8-4-17(5-9-20)21-22(25-12-15-30-16-13-25)24(28)26(23(21)27)18-6-10-19(29-2)11-7-18/h4-11H,3,12-16H2,1-2H3. The number of ether oxygens (including phenoxy) is 3. The number of imide groups is 1. The molecule has 162 valence electrons. The van der Waals surface area contributed by atoms with Crippen molar-refractivity contribution in [2.75, 3.05) is 44.9 Å². The molecule has 0 N–H and O–H groups in total. The summed E-state index contributed by atoms with van der Waals surface area (Å²) in [6.07, 6.45) is 0.915. The lowest BCUT2D eigenvalue weighted by molar-refractivity contribution is -0.121. The number of benzene rings is 2. The third-order valence-electron chi connectivity index (χ3n) is 5.33. The van der Waals surface area contributed by atoms with Crippen LogP contribution in [0.5, 0.6) is 11.5 Å². The molecule has 2 aromatic carbocycles. The molecule has 2 aliphatic heterocycles. The van der Waals surface area contributed by atoms with Crippen molar-refractivity contribution < 1.29 is 23.8 Å². The second-order valence-corrected chi connectivity index (χ2v) is 7.34. The largest absolute Gasteiger partial charge is 0.497 e. The van der Waals surface area contributed by atoms with Gasteiger partial charge in [0.25, 0.3) is 11.8 Å². The fraction of sp³-hybridized carbons (Fsp3) is 0.333. The molecule has 7 heteroatoms. The fourth-order valence-electron chi connectivity index (χ4n) is 3.76. The molecular weight excluding hydrogens is 396 g/mol. The lowest BCUT2D eigenvalue weighted by atomic mass is 10.0. The van der Waals surface area contributed by atoms with Crippen molar-refractivity contribution in [3.63, 3.8) is 0 Å². The zero-order valence-electron chi connectivity index (χ0n) is 17.8. The number of methoxy groups -OCH3 is 1. The van der Waals surface area contributed by atoms with E-state index in [1.807, 2.05) is 36.1 Å². The molecule has 4 rings (SSSR count). The van der Waals surface area contributed by atoms with Gasteiger partial charge in [-0.05, 0) is 48.4 Å². The molecule has 0 saturated carbocycles. The van der Waals surface area contributed by atoms with Crippen LogP contribution in [0.1, 0.15) is 18.9 Å². The van der Waals surface area contributed by atoms with Crippen LogP contribution in [0, 0.1) is 0 Å². The van der Waals surface area contributed by atoms with Crippen molar-refractivity contribution in [3.05, 3.63) is 59.8 Å². The number of anilines is 1. The highest BCUT2D eigenvalue weighted by Gasteiger charge is 2.42. The Kier molecular flexibility index (Phi) is 6.23. The van der Waals surface area contributed by atoms with Gasteiger partial charge in [0.1, 0.15) is 17.2 Å². The third-order valence-corrected chi connectivity index (χ3v) is 5.33. The highest BCUT2D eigenvalue weighted by atomic mass is 16.5. The highest BCUT2D eigenvalue weighted by Crippen LogP contribution is 2.36. The maximum Gasteiger partial charge on any atom is 0.282 e. The van der Waals surface area contributed by atoms with Crippen LogP contribution < -0.4 is 14.4 Å². The first-order valence-corrected chi connectivity index (χ1v) is 10.5. The molecule has 0 aliphatic carbocycles. The second-order valence-electron chi connectivity index (χ2n) is 7.34. The average Bonchev–Trinajstić information content (AvgIpc) is 3.08. The monoisotopic (exact) mass is 422 g/mol. The van der Waals surface area contributed by atoms with E-state index in [1.54, 1.807) is 31.4 Å². The van der Waals surface area contributed by atoms with Crippen LogP contribution in [0.25, 0.3) is 5.57 Å². The zero-order chi connectivity index (χ0) is 21.8. The van der Waals surface area contributed by atoms with Gasteiger partial charge in [-0.15, -0.1) is 0 Å². The van der Waals surface area contributed by atoms with Crippen molar-refractivity contribution in [1.29, 1.82) is 0 Å². The van der Waals surface area contributed by atoms with Crippen LogP contribution in [0.4, 0.5) is 5.69 Å². The number of rotatable bonds is 7. The second kappa shape index (κ2) is 9.22. The van der Waals surface area contributed by atoms with E-state index in [4.69, 9.17) is 14.2 Å². The SMILES string of the molecule is CCCOc1ccc(C2=C(N3CCOCC3)C(=O)N(c3ccc(OC)cc3)C2=O)cc1. The maximum absolute atomic E-state index is 13.5. The van der Waals surface area contributed by atoms with Gasteiger partial charge in [0, 0.05) is 13.1 Å². The van der Waals surface area contributed by atoms with Gasteiger partial charge >= 0.3 is 0 Å². The van der Waals surface area contributed by atoms with E-state index in [9.17, 15) is 9.59 Å². The lowest BCUT2D eigenvalue weighted by Gasteiger charge is -2.29. The topological polar surface area (TPSA) is 68.3 Å². The van der Waals surface area contributed by atoms with E-state index in [2.05, 4.69) is 0 Å². The summed E-state index contributed by atoms with van der Waals surface area (Å²) in [6.45, 7) is 4.83. The minimum Gasteiger partial charge on any atom is -0.497 e. The third kappa shape index (κ3) is 4.14. The van der Waals surface area contributed by atoms with E-state index >= 15 is 0 Å². The van der Waals surface area contributed by atoms with E-state index in [0.717, 1.165) is 12.2 Å². The minimum atomic E-state index is -0.334. The van der Waals surface area contributed by atoms with Crippen molar-refractivity contribution in [2.24, 2.45) is 0 Å². The van der Waals surface area contributed by atoms with Crippen molar-refractivity contribution in [1.82, 2.24) is 4.90 Å². The van der Waals surface area contributed by atoms with E-state index < -0.39 is 0 Å². The lowest BCUT2D eigenvalue weighted by Crippen LogP contribution is -2.40. The molecule has 2 aliphatic rings. The maximum atomic E-state index is 13.5. The van der Waals surface area contributed by atoms with Gasteiger partial charge in [0.05, 0.1) is 38.2 Å². The summed E-state index contributed by atoms with van der Waals surface area (Å²) in [5, 5.41) is 0. The predicted octanol–water partition coefficient (Wildman–Crippen LogP) is 3.10. The van der Waals surface area contributed by atoms with Gasteiger partial charge in [-0.1, -0.05) is 19.1 Å². The first kappa shape index (κ1) is 20.9. The molecule has 0 unspecified atom stereocenters. The molecule has 0 atom stereocenters. The molecule has 2 aromatic rings. The van der Waals surface area contributed by atoms with Crippen molar-refractivity contribution in [3.8, 4) is 11.5 Å².